The Morgan fingerprint density at radius 3 is 2.76 bits per heavy atom. The first kappa shape index (κ1) is 16.2. The molecule has 8 heteroatoms. The lowest BCUT2D eigenvalue weighted by atomic mass is 9.97. The lowest BCUT2D eigenvalue weighted by Gasteiger charge is -2.30. The molecule has 1 aromatic rings. The number of sulfonamides is 1. The molecular weight excluding hydrogens is 290 g/mol. The fraction of sp³-hybridized carbons (Fsp3) is 0.615. The summed E-state index contributed by atoms with van der Waals surface area (Å²) in [6.45, 7) is 5.70. The molecule has 2 rings (SSSR count). The largest absolute Gasteiger partial charge is 0.321 e. The van der Waals surface area contributed by atoms with Crippen LogP contribution in [0.4, 0.5) is 5.69 Å². The van der Waals surface area contributed by atoms with Crippen LogP contribution in [-0.2, 0) is 10.0 Å². The number of piperidine rings is 1. The molecule has 2 heterocycles. The molecule has 0 unspecified atom stereocenters. The van der Waals surface area contributed by atoms with Crippen LogP contribution in [0.15, 0.2) is 23.4 Å². The number of nitrogens with one attached hydrogen (secondary N) is 2. The quantitative estimate of drug-likeness (QED) is 0.518. The molecule has 21 heavy (non-hydrogen) atoms. The van der Waals surface area contributed by atoms with Crippen LogP contribution in [-0.4, -0.2) is 44.5 Å². The van der Waals surface area contributed by atoms with Crippen molar-refractivity contribution in [1.29, 1.82) is 0 Å². The summed E-state index contributed by atoms with van der Waals surface area (Å²) in [5.41, 5.74) is 2.66. The van der Waals surface area contributed by atoms with Gasteiger partial charge in [-0.2, -0.15) is 0 Å². The van der Waals surface area contributed by atoms with Crippen LogP contribution in [0, 0.1) is 5.92 Å². The zero-order valence-corrected chi connectivity index (χ0v) is 13.1. The average molecular weight is 313 g/mol. The summed E-state index contributed by atoms with van der Waals surface area (Å²) in [4.78, 5) is 6.28. The second-order valence-corrected chi connectivity index (χ2v) is 6.91. The van der Waals surface area contributed by atoms with Crippen molar-refractivity contribution in [3.05, 3.63) is 18.3 Å². The second kappa shape index (κ2) is 7.17. The normalized spacial score (nSPS) is 17.8. The molecule has 1 saturated heterocycles. The van der Waals surface area contributed by atoms with Gasteiger partial charge >= 0.3 is 0 Å². The van der Waals surface area contributed by atoms with Gasteiger partial charge in [-0.15, -0.1) is 0 Å². The fourth-order valence-electron chi connectivity index (χ4n) is 2.52. The Hall–Kier alpha value is -1.22. The van der Waals surface area contributed by atoms with E-state index in [2.05, 4.69) is 27.0 Å². The van der Waals surface area contributed by atoms with E-state index in [0.29, 0.717) is 18.2 Å². The Labute approximate surface area is 125 Å². The Morgan fingerprint density at radius 2 is 2.14 bits per heavy atom. The van der Waals surface area contributed by atoms with E-state index < -0.39 is 10.0 Å². The molecule has 0 aliphatic carbocycles. The fourth-order valence-corrected chi connectivity index (χ4v) is 3.73. The standard InChI is InChI=1S/C13H23N5O2S/c1-2-18-8-5-11(6-9-18)10-16-21(19,20)13-12(17-14)4-3-7-15-13/h3-4,7,11,16-17H,2,5-6,8-10,14H2,1H3. The Bertz CT molecular complexity index is 555. The van der Waals surface area contributed by atoms with Gasteiger partial charge in [-0.25, -0.2) is 18.1 Å². The number of pyridine rings is 1. The first-order valence-corrected chi connectivity index (χ1v) is 8.68. The van der Waals surface area contributed by atoms with E-state index in [9.17, 15) is 8.42 Å². The lowest BCUT2D eigenvalue weighted by molar-refractivity contribution is 0.193. The van der Waals surface area contributed by atoms with Crippen LogP contribution in [0.3, 0.4) is 0 Å². The number of rotatable bonds is 6. The molecule has 0 atom stereocenters. The summed E-state index contributed by atoms with van der Waals surface area (Å²) >= 11 is 0. The van der Waals surface area contributed by atoms with Gasteiger partial charge in [0.05, 0.1) is 5.69 Å². The van der Waals surface area contributed by atoms with E-state index in [-0.39, 0.29) is 5.03 Å². The summed E-state index contributed by atoms with van der Waals surface area (Å²) in [6, 6.07) is 3.22. The van der Waals surface area contributed by atoms with Crippen molar-refractivity contribution in [2.45, 2.75) is 24.8 Å². The van der Waals surface area contributed by atoms with Gasteiger partial charge < -0.3 is 10.3 Å². The van der Waals surface area contributed by atoms with E-state index in [1.54, 1.807) is 12.1 Å². The number of anilines is 1. The van der Waals surface area contributed by atoms with Crippen LogP contribution in [0.5, 0.6) is 0 Å². The van der Waals surface area contributed by atoms with Crippen molar-refractivity contribution in [1.82, 2.24) is 14.6 Å². The first-order chi connectivity index (χ1) is 10.1. The van der Waals surface area contributed by atoms with Crippen LogP contribution in [0.2, 0.25) is 0 Å². The van der Waals surface area contributed by atoms with Gasteiger partial charge in [0.25, 0.3) is 10.0 Å². The van der Waals surface area contributed by atoms with Gasteiger partial charge in [0.1, 0.15) is 0 Å². The minimum absolute atomic E-state index is 0.0569. The summed E-state index contributed by atoms with van der Waals surface area (Å²) < 4.78 is 27.2. The Kier molecular flexibility index (Phi) is 5.51. The molecule has 0 spiro atoms. The maximum absolute atomic E-state index is 12.3. The first-order valence-electron chi connectivity index (χ1n) is 7.20. The molecular formula is C13H23N5O2S. The third kappa shape index (κ3) is 4.13. The van der Waals surface area contributed by atoms with Gasteiger partial charge in [0, 0.05) is 12.7 Å². The SMILES string of the molecule is CCN1CCC(CNS(=O)(=O)c2ncccc2NN)CC1. The maximum atomic E-state index is 12.3. The number of hydrogen-bond donors (Lipinski definition) is 3. The molecule has 0 radical (unpaired) electrons. The maximum Gasteiger partial charge on any atom is 0.260 e. The smallest absolute Gasteiger partial charge is 0.260 e. The van der Waals surface area contributed by atoms with Crippen molar-refractivity contribution < 1.29 is 8.42 Å². The van der Waals surface area contributed by atoms with Crippen LogP contribution in [0.25, 0.3) is 0 Å². The Balaban J connectivity index is 1.96. The number of nitrogens with zero attached hydrogens (tertiary/aromatic N) is 2. The number of nitrogen functional groups attached to an aromatic ring is 1. The predicted octanol–water partition coefficient (Wildman–Crippen LogP) is 0.377. The van der Waals surface area contributed by atoms with Gasteiger partial charge in [0.2, 0.25) is 0 Å². The highest BCUT2D eigenvalue weighted by molar-refractivity contribution is 7.89. The third-order valence-electron chi connectivity index (χ3n) is 3.90. The van der Waals surface area contributed by atoms with E-state index in [1.165, 1.54) is 6.20 Å². The van der Waals surface area contributed by atoms with E-state index in [0.717, 1.165) is 32.5 Å². The van der Waals surface area contributed by atoms with E-state index >= 15 is 0 Å². The predicted molar refractivity (Wildman–Crippen MR) is 82.1 cm³/mol. The van der Waals surface area contributed by atoms with Crippen LogP contribution < -0.4 is 16.0 Å². The molecule has 4 N–H and O–H groups in total. The van der Waals surface area contributed by atoms with Crippen LogP contribution in [0.1, 0.15) is 19.8 Å². The van der Waals surface area contributed by atoms with E-state index in [1.807, 2.05) is 0 Å². The topological polar surface area (TPSA) is 100 Å². The van der Waals surface area contributed by atoms with Crippen molar-refractivity contribution in [3.63, 3.8) is 0 Å². The average Bonchev–Trinajstić information content (AvgIpc) is 2.53. The van der Waals surface area contributed by atoms with Gasteiger partial charge in [-0.1, -0.05) is 6.92 Å². The van der Waals surface area contributed by atoms with Crippen molar-refractivity contribution in [2.75, 3.05) is 31.6 Å². The van der Waals surface area contributed by atoms with Gasteiger partial charge in [0.15, 0.2) is 5.03 Å². The highest BCUT2D eigenvalue weighted by Gasteiger charge is 2.23. The van der Waals surface area contributed by atoms with Crippen LogP contribution >= 0.6 is 0 Å². The molecule has 1 aliphatic heterocycles. The van der Waals surface area contributed by atoms with Crippen molar-refractivity contribution in [2.24, 2.45) is 11.8 Å². The summed E-state index contributed by atoms with van der Waals surface area (Å²) in [6.07, 6.45) is 3.47. The molecule has 0 saturated carbocycles. The zero-order valence-electron chi connectivity index (χ0n) is 12.2. The minimum atomic E-state index is -3.64. The summed E-state index contributed by atoms with van der Waals surface area (Å²) in [5.74, 6) is 5.70. The summed E-state index contributed by atoms with van der Waals surface area (Å²) in [5, 5.41) is -0.0569. The van der Waals surface area contributed by atoms with Crippen molar-refractivity contribution >= 4 is 15.7 Å². The zero-order chi connectivity index (χ0) is 15.3. The van der Waals surface area contributed by atoms with Gasteiger partial charge in [-0.3, -0.25) is 5.84 Å². The van der Waals surface area contributed by atoms with Gasteiger partial charge in [-0.05, 0) is 50.5 Å². The third-order valence-corrected chi connectivity index (χ3v) is 5.28. The minimum Gasteiger partial charge on any atom is -0.321 e. The highest BCUT2D eigenvalue weighted by Crippen LogP contribution is 2.19. The monoisotopic (exact) mass is 313 g/mol. The number of likely N-dealkylation sites (tertiary alicyclic amines) is 1. The molecule has 1 aromatic heterocycles. The van der Waals surface area contributed by atoms with Crippen molar-refractivity contribution in [3.8, 4) is 0 Å². The number of hydrogen-bond acceptors (Lipinski definition) is 6. The molecule has 0 bridgehead atoms. The Morgan fingerprint density at radius 1 is 1.43 bits per heavy atom. The molecule has 0 aromatic carbocycles. The number of aromatic nitrogens is 1. The molecule has 1 fully saturated rings. The molecule has 0 amide bonds. The molecule has 118 valence electrons. The molecule has 7 nitrogen and oxygen atoms in total. The summed E-state index contributed by atoms with van der Waals surface area (Å²) in [7, 11) is -3.64. The van der Waals surface area contributed by atoms with E-state index in [4.69, 9.17) is 5.84 Å². The lowest BCUT2D eigenvalue weighted by Crippen LogP contribution is -2.38. The molecule has 1 aliphatic rings. The second-order valence-electron chi connectivity index (χ2n) is 5.23. The number of hydrazine groups is 1. The highest BCUT2D eigenvalue weighted by atomic mass is 32.2. The number of nitrogens with two attached hydrogens (primary N) is 1.